The van der Waals surface area contributed by atoms with Gasteiger partial charge in [-0.25, -0.2) is 14.4 Å². The first kappa shape index (κ1) is 19.4. The van der Waals surface area contributed by atoms with Crippen LogP contribution < -0.4 is 10.6 Å². The van der Waals surface area contributed by atoms with Gasteiger partial charge in [0, 0.05) is 13.1 Å². The molecule has 0 bridgehead atoms. The van der Waals surface area contributed by atoms with Crippen LogP contribution >= 0.6 is 0 Å². The lowest BCUT2D eigenvalue weighted by molar-refractivity contribution is -0.270. The highest BCUT2D eigenvalue weighted by atomic mass is 19.4. The van der Waals surface area contributed by atoms with E-state index in [2.05, 4.69) is 20.6 Å². The Morgan fingerprint density at radius 3 is 2.15 bits per heavy atom. The second-order valence-corrected chi connectivity index (χ2v) is 5.88. The van der Waals surface area contributed by atoms with Gasteiger partial charge >= 0.3 is 12.3 Å². The molecular weight excluding hydrogens is 378 g/mol. The Balaban J connectivity index is 1.69. The topological polar surface area (TPSA) is 59.1 Å². The number of hydrogen-bond acceptors (Lipinski definition) is 5. The number of alkyl halides is 5. The number of ether oxygens (including phenoxy) is 1. The first-order valence-corrected chi connectivity index (χ1v) is 7.83. The number of benzene rings is 1. The van der Waals surface area contributed by atoms with E-state index in [1.165, 1.54) is 0 Å². The Morgan fingerprint density at radius 2 is 1.56 bits per heavy atom. The van der Waals surface area contributed by atoms with Crippen molar-refractivity contribution in [2.75, 3.05) is 18.4 Å². The van der Waals surface area contributed by atoms with Crippen LogP contribution in [-0.4, -0.2) is 35.2 Å². The van der Waals surface area contributed by atoms with Crippen LogP contribution in [-0.2, 0) is 17.0 Å². The molecule has 146 valence electrons. The third-order valence-corrected chi connectivity index (χ3v) is 3.94. The van der Waals surface area contributed by atoms with Gasteiger partial charge in [0.15, 0.2) is 5.82 Å². The van der Waals surface area contributed by atoms with Gasteiger partial charge in [0.1, 0.15) is 0 Å². The summed E-state index contributed by atoms with van der Waals surface area (Å²) in [4.78, 5) is 7.38. The molecule has 11 heteroatoms. The first-order valence-electron chi connectivity index (χ1n) is 7.83. The monoisotopic (exact) mass is 392 g/mol. The fourth-order valence-corrected chi connectivity index (χ4v) is 2.59. The van der Waals surface area contributed by atoms with Crippen LogP contribution in [0.3, 0.4) is 0 Å². The second-order valence-electron chi connectivity index (χ2n) is 5.88. The van der Waals surface area contributed by atoms with Crippen molar-refractivity contribution in [1.29, 1.82) is 0 Å². The molecule has 0 saturated carbocycles. The summed E-state index contributed by atoms with van der Waals surface area (Å²) < 4.78 is 84.1. The average Bonchev–Trinajstić information content (AvgIpc) is 3.02. The minimum absolute atomic E-state index is 0.0385. The largest absolute Gasteiger partial charge is 0.416 e. The molecule has 1 aliphatic rings. The predicted molar refractivity (Wildman–Crippen MR) is 82.5 cm³/mol. The second kappa shape index (κ2) is 7.31. The molecule has 2 N–H and O–H groups in total. The summed E-state index contributed by atoms with van der Waals surface area (Å²) in [5, 5.41) is 5.62. The van der Waals surface area contributed by atoms with Crippen molar-refractivity contribution >= 4 is 5.95 Å². The smallest absolute Gasteiger partial charge is 0.348 e. The third kappa shape index (κ3) is 4.66. The standard InChI is InChI=1S/C16H14F6N4O/c17-11-5-24-14(25-6-11)26-12-7-23-8-13(12)27-16(21,22)10-3-1-9(2-4-10)15(18,19)20/h1-6,12-13,23H,7-8H2,(H,24,25,26)/t12-,13-/m1/s1. The zero-order chi connectivity index (χ0) is 19.7. The van der Waals surface area contributed by atoms with Crippen molar-refractivity contribution in [3.63, 3.8) is 0 Å². The average molecular weight is 392 g/mol. The van der Waals surface area contributed by atoms with E-state index in [4.69, 9.17) is 4.74 Å². The highest BCUT2D eigenvalue weighted by Crippen LogP contribution is 2.35. The summed E-state index contributed by atoms with van der Waals surface area (Å²) in [6, 6.07) is 1.85. The Kier molecular flexibility index (Phi) is 5.24. The Labute approximate surface area is 149 Å². The van der Waals surface area contributed by atoms with E-state index >= 15 is 0 Å². The molecule has 1 aliphatic heterocycles. The molecule has 0 amide bonds. The molecule has 0 aliphatic carbocycles. The van der Waals surface area contributed by atoms with E-state index in [0.717, 1.165) is 12.4 Å². The molecule has 1 saturated heterocycles. The van der Waals surface area contributed by atoms with Crippen molar-refractivity contribution in [2.45, 2.75) is 24.4 Å². The van der Waals surface area contributed by atoms with E-state index in [1.54, 1.807) is 0 Å². The fourth-order valence-electron chi connectivity index (χ4n) is 2.59. The highest BCUT2D eigenvalue weighted by molar-refractivity contribution is 5.28. The quantitative estimate of drug-likeness (QED) is 0.766. The highest BCUT2D eigenvalue weighted by Gasteiger charge is 2.41. The van der Waals surface area contributed by atoms with Crippen molar-refractivity contribution in [1.82, 2.24) is 15.3 Å². The maximum absolute atomic E-state index is 14.4. The molecule has 2 heterocycles. The molecule has 0 spiro atoms. The normalized spacial score (nSPS) is 20.7. The number of aromatic nitrogens is 2. The van der Waals surface area contributed by atoms with E-state index in [1.807, 2.05) is 0 Å². The third-order valence-electron chi connectivity index (χ3n) is 3.94. The van der Waals surface area contributed by atoms with Gasteiger partial charge in [-0.2, -0.15) is 22.0 Å². The number of anilines is 1. The zero-order valence-corrected chi connectivity index (χ0v) is 13.6. The van der Waals surface area contributed by atoms with Gasteiger partial charge < -0.3 is 15.4 Å². The summed E-state index contributed by atoms with van der Waals surface area (Å²) >= 11 is 0. The molecule has 0 unspecified atom stereocenters. The minimum Gasteiger partial charge on any atom is -0.348 e. The lowest BCUT2D eigenvalue weighted by Gasteiger charge is -2.26. The molecule has 2 aromatic rings. The van der Waals surface area contributed by atoms with E-state index in [-0.39, 0.29) is 19.0 Å². The van der Waals surface area contributed by atoms with E-state index in [9.17, 15) is 26.3 Å². The van der Waals surface area contributed by atoms with Gasteiger partial charge in [-0.3, -0.25) is 0 Å². The van der Waals surface area contributed by atoms with Gasteiger partial charge in [-0.15, -0.1) is 0 Å². The molecule has 1 aromatic carbocycles. The van der Waals surface area contributed by atoms with Crippen LogP contribution in [0, 0.1) is 5.82 Å². The molecule has 2 atom stereocenters. The zero-order valence-electron chi connectivity index (χ0n) is 13.6. The van der Waals surface area contributed by atoms with Gasteiger partial charge in [-0.05, 0) is 24.3 Å². The van der Waals surface area contributed by atoms with Crippen LogP contribution in [0.15, 0.2) is 36.7 Å². The van der Waals surface area contributed by atoms with Crippen LogP contribution in [0.1, 0.15) is 11.1 Å². The van der Waals surface area contributed by atoms with E-state index < -0.39 is 41.4 Å². The van der Waals surface area contributed by atoms with Crippen molar-refractivity contribution in [3.05, 3.63) is 53.6 Å². The number of nitrogens with zero attached hydrogens (tertiary/aromatic N) is 2. The summed E-state index contributed by atoms with van der Waals surface area (Å²) in [5.74, 6) is -0.608. The van der Waals surface area contributed by atoms with Gasteiger partial charge in [0.2, 0.25) is 5.95 Å². The number of rotatable bonds is 5. The van der Waals surface area contributed by atoms with E-state index in [0.29, 0.717) is 24.3 Å². The van der Waals surface area contributed by atoms with Crippen molar-refractivity contribution < 1.29 is 31.1 Å². The number of hydrogen-bond donors (Lipinski definition) is 2. The molecule has 3 rings (SSSR count). The van der Waals surface area contributed by atoms with Crippen molar-refractivity contribution in [2.24, 2.45) is 0 Å². The Bertz CT molecular complexity index is 766. The van der Waals surface area contributed by atoms with Crippen LogP contribution in [0.2, 0.25) is 0 Å². The molecule has 5 nitrogen and oxygen atoms in total. The van der Waals surface area contributed by atoms with Crippen LogP contribution in [0.4, 0.5) is 32.3 Å². The molecular formula is C16H14F6N4O. The SMILES string of the molecule is Fc1cnc(N[C@@H]2CNC[C@H]2OC(F)(F)c2ccc(C(F)(F)F)cc2)nc1. The summed E-state index contributed by atoms with van der Waals surface area (Å²) in [5.41, 5.74) is -1.73. The number of halogens is 6. The summed E-state index contributed by atoms with van der Waals surface area (Å²) in [7, 11) is 0. The van der Waals surface area contributed by atoms with Crippen LogP contribution in [0.5, 0.6) is 0 Å². The summed E-state index contributed by atoms with van der Waals surface area (Å²) in [6.07, 6.45) is -7.59. The maximum Gasteiger partial charge on any atom is 0.416 e. The lowest BCUT2D eigenvalue weighted by atomic mass is 10.1. The van der Waals surface area contributed by atoms with Gasteiger partial charge in [-0.1, -0.05) is 0 Å². The molecule has 1 aromatic heterocycles. The first-order chi connectivity index (χ1) is 12.6. The van der Waals surface area contributed by atoms with Crippen molar-refractivity contribution in [3.8, 4) is 0 Å². The van der Waals surface area contributed by atoms with Gasteiger partial charge in [0.25, 0.3) is 0 Å². The fraction of sp³-hybridized carbons (Fsp3) is 0.375. The number of nitrogens with one attached hydrogen (secondary N) is 2. The van der Waals surface area contributed by atoms with Gasteiger partial charge in [0.05, 0.1) is 35.7 Å². The maximum atomic E-state index is 14.4. The molecule has 1 fully saturated rings. The summed E-state index contributed by atoms with van der Waals surface area (Å²) in [6.45, 7) is 0.337. The lowest BCUT2D eigenvalue weighted by Crippen LogP contribution is -2.39. The predicted octanol–water partition coefficient (Wildman–Crippen LogP) is 3.15. The Morgan fingerprint density at radius 1 is 0.963 bits per heavy atom. The molecule has 0 radical (unpaired) electrons. The minimum atomic E-state index is -4.62. The molecule has 27 heavy (non-hydrogen) atoms. The van der Waals surface area contributed by atoms with Crippen LogP contribution in [0.25, 0.3) is 0 Å². The Hall–Kier alpha value is -2.40.